The molecule has 0 saturated carbocycles. The lowest BCUT2D eigenvalue weighted by molar-refractivity contribution is 0.0342. The summed E-state index contributed by atoms with van der Waals surface area (Å²) in [6.07, 6.45) is 1.53. The van der Waals surface area contributed by atoms with Crippen LogP contribution in [0, 0.1) is 0 Å². The first-order chi connectivity index (χ1) is 7.25. The molecule has 0 unspecified atom stereocenters. The van der Waals surface area contributed by atoms with Crippen LogP contribution in [-0.4, -0.2) is 41.2 Å². The van der Waals surface area contributed by atoms with Crippen molar-refractivity contribution >= 4 is 5.82 Å². The van der Waals surface area contributed by atoms with Gasteiger partial charge in [0.2, 0.25) is 0 Å². The summed E-state index contributed by atoms with van der Waals surface area (Å²) >= 11 is 0. The van der Waals surface area contributed by atoms with Crippen molar-refractivity contribution in [3.8, 4) is 0 Å². The third-order valence-corrected chi connectivity index (χ3v) is 2.42. The van der Waals surface area contributed by atoms with Gasteiger partial charge in [0.1, 0.15) is 5.82 Å². The van der Waals surface area contributed by atoms with E-state index in [-0.39, 0.29) is 0 Å². The van der Waals surface area contributed by atoms with Gasteiger partial charge < -0.3 is 10.5 Å². The largest absolute Gasteiger partial charge is 0.385 e. The lowest BCUT2D eigenvalue weighted by Gasteiger charge is -2.26. The molecular formula is C9H14N4O2. The maximum Gasteiger partial charge on any atom is 0.346 e. The number of H-pyrrole nitrogens is 1. The van der Waals surface area contributed by atoms with Crippen LogP contribution in [-0.2, 0) is 11.3 Å². The van der Waals surface area contributed by atoms with Crippen LogP contribution < -0.4 is 11.4 Å². The first-order valence-corrected chi connectivity index (χ1v) is 4.89. The first-order valence-electron chi connectivity index (χ1n) is 4.89. The molecule has 0 aromatic carbocycles. The number of aromatic nitrogens is 2. The molecule has 2 heterocycles. The normalized spacial score (nSPS) is 17.9. The van der Waals surface area contributed by atoms with Crippen molar-refractivity contribution in [3.63, 3.8) is 0 Å². The van der Waals surface area contributed by atoms with Gasteiger partial charge in [0.05, 0.1) is 13.2 Å². The van der Waals surface area contributed by atoms with Gasteiger partial charge in [-0.25, -0.2) is 9.78 Å². The monoisotopic (exact) mass is 210 g/mol. The molecule has 2 rings (SSSR count). The zero-order valence-electron chi connectivity index (χ0n) is 8.40. The number of ether oxygens (including phenoxy) is 1. The molecule has 1 saturated heterocycles. The summed E-state index contributed by atoms with van der Waals surface area (Å²) < 4.78 is 5.24. The Labute approximate surface area is 87.1 Å². The molecule has 0 amide bonds. The number of hydrogen-bond acceptors (Lipinski definition) is 5. The molecule has 0 radical (unpaired) electrons. The fraction of sp³-hybridized carbons (Fsp3) is 0.556. The van der Waals surface area contributed by atoms with Crippen molar-refractivity contribution < 1.29 is 4.74 Å². The van der Waals surface area contributed by atoms with E-state index in [1.165, 1.54) is 6.20 Å². The summed E-state index contributed by atoms with van der Waals surface area (Å²) in [5, 5.41) is 0. The Balaban J connectivity index is 2.06. The third kappa shape index (κ3) is 2.54. The summed E-state index contributed by atoms with van der Waals surface area (Å²) in [7, 11) is 0. The molecule has 1 fully saturated rings. The topological polar surface area (TPSA) is 84.2 Å². The zero-order valence-corrected chi connectivity index (χ0v) is 8.40. The molecular weight excluding hydrogens is 196 g/mol. The maximum absolute atomic E-state index is 10.9. The van der Waals surface area contributed by atoms with E-state index in [0.29, 0.717) is 12.4 Å². The van der Waals surface area contributed by atoms with Crippen LogP contribution in [0.4, 0.5) is 5.82 Å². The Bertz CT molecular complexity index is 384. The number of anilines is 1. The molecule has 6 nitrogen and oxygen atoms in total. The zero-order chi connectivity index (χ0) is 10.7. The van der Waals surface area contributed by atoms with E-state index in [4.69, 9.17) is 10.5 Å². The Hall–Kier alpha value is -1.40. The SMILES string of the molecule is Nc1[nH]c(=O)ncc1CN1CCOCC1. The van der Waals surface area contributed by atoms with Crippen molar-refractivity contribution in [2.75, 3.05) is 32.0 Å². The van der Waals surface area contributed by atoms with Gasteiger partial charge >= 0.3 is 5.69 Å². The molecule has 6 heteroatoms. The summed E-state index contributed by atoms with van der Waals surface area (Å²) in [4.78, 5) is 19.2. The number of nitrogens with zero attached hydrogens (tertiary/aromatic N) is 2. The van der Waals surface area contributed by atoms with Crippen molar-refractivity contribution in [3.05, 3.63) is 22.2 Å². The first kappa shape index (κ1) is 10.1. The number of nitrogens with one attached hydrogen (secondary N) is 1. The van der Waals surface area contributed by atoms with Crippen molar-refractivity contribution in [2.24, 2.45) is 0 Å². The van der Waals surface area contributed by atoms with Gasteiger partial charge in [-0.15, -0.1) is 0 Å². The van der Waals surface area contributed by atoms with E-state index in [2.05, 4.69) is 14.9 Å². The van der Waals surface area contributed by atoms with Gasteiger partial charge in [-0.3, -0.25) is 9.88 Å². The Morgan fingerprint density at radius 2 is 2.27 bits per heavy atom. The molecule has 82 valence electrons. The maximum atomic E-state index is 10.9. The summed E-state index contributed by atoms with van der Waals surface area (Å²) in [6, 6.07) is 0. The van der Waals surface area contributed by atoms with E-state index < -0.39 is 5.69 Å². The van der Waals surface area contributed by atoms with Gasteiger partial charge in [-0.2, -0.15) is 0 Å². The standard InChI is InChI=1S/C9H14N4O2/c10-8-7(5-11-9(14)12-8)6-13-1-3-15-4-2-13/h5H,1-4,6H2,(H3,10,11,12,14). The van der Waals surface area contributed by atoms with Crippen LogP contribution in [0.25, 0.3) is 0 Å². The van der Waals surface area contributed by atoms with Gasteiger partial charge in [0.25, 0.3) is 0 Å². The van der Waals surface area contributed by atoms with Crippen molar-refractivity contribution in [2.45, 2.75) is 6.54 Å². The number of nitrogens with two attached hydrogens (primary N) is 1. The minimum atomic E-state index is -0.404. The average Bonchev–Trinajstić information content (AvgIpc) is 2.24. The number of morpholine rings is 1. The van der Waals surface area contributed by atoms with E-state index in [1.54, 1.807) is 0 Å². The molecule has 1 aromatic heterocycles. The molecule has 15 heavy (non-hydrogen) atoms. The second-order valence-electron chi connectivity index (χ2n) is 3.52. The number of rotatable bonds is 2. The van der Waals surface area contributed by atoms with Crippen LogP contribution in [0.3, 0.4) is 0 Å². The van der Waals surface area contributed by atoms with E-state index >= 15 is 0 Å². The Kier molecular flexibility index (Phi) is 2.98. The van der Waals surface area contributed by atoms with Crippen molar-refractivity contribution in [1.82, 2.24) is 14.9 Å². The summed E-state index contributed by atoms with van der Waals surface area (Å²) in [5.41, 5.74) is 6.14. The second kappa shape index (κ2) is 4.41. The van der Waals surface area contributed by atoms with Crippen LogP contribution in [0.15, 0.2) is 11.0 Å². The van der Waals surface area contributed by atoms with E-state index in [9.17, 15) is 4.79 Å². The van der Waals surface area contributed by atoms with Gasteiger partial charge in [-0.05, 0) is 0 Å². The highest BCUT2D eigenvalue weighted by Gasteiger charge is 2.12. The summed E-state index contributed by atoms with van der Waals surface area (Å²) in [6.45, 7) is 3.98. The predicted octanol–water partition coefficient (Wildman–Crippen LogP) is -0.816. The number of nitrogen functional groups attached to an aromatic ring is 1. The van der Waals surface area contributed by atoms with E-state index in [0.717, 1.165) is 31.9 Å². The third-order valence-electron chi connectivity index (χ3n) is 2.42. The number of aromatic amines is 1. The minimum absolute atomic E-state index is 0.404. The molecule has 0 atom stereocenters. The average molecular weight is 210 g/mol. The highest BCUT2D eigenvalue weighted by Crippen LogP contribution is 2.09. The second-order valence-corrected chi connectivity index (χ2v) is 3.52. The lowest BCUT2D eigenvalue weighted by Crippen LogP contribution is -2.36. The molecule has 3 N–H and O–H groups in total. The molecule has 0 bridgehead atoms. The quantitative estimate of drug-likeness (QED) is 0.666. The van der Waals surface area contributed by atoms with E-state index in [1.807, 2.05) is 0 Å². The molecule has 0 aliphatic carbocycles. The van der Waals surface area contributed by atoms with Gasteiger partial charge in [0.15, 0.2) is 0 Å². The van der Waals surface area contributed by atoms with Crippen LogP contribution in [0.2, 0.25) is 0 Å². The Morgan fingerprint density at radius 1 is 1.53 bits per heavy atom. The smallest absolute Gasteiger partial charge is 0.346 e. The highest BCUT2D eigenvalue weighted by molar-refractivity contribution is 5.36. The fourth-order valence-corrected chi connectivity index (χ4v) is 1.56. The van der Waals surface area contributed by atoms with Crippen LogP contribution in [0.5, 0.6) is 0 Å². The molecule has 1 aliphatic heterocycles. The highest BCUT2D eigenvalue weighted by atomic mass is 16.5. The predicted molar refractivity (Wildman–Crippen MR) is 55.4 cm³/mol. The molecule has 0 spiro atoms. The van der Waals surface area contributed by atoms with Crippen LogP contribution in [0.1, 0.15) is 5.56 Å². The van der Waals surface area contributed by atoms with Gasteiger partial charge in [-0.1, -0.05) is 0 Å². The number of hydrogen-bond donors (Lipinski definition) is 2. The lowest BCUT2D eigenvalue weighted by atomic mass is 10.2. The summed E-state index contributed by atoms with van der Waals surface area (Å²) in [5.74, 6) is 0.404. The Morgan fingerprint density at radius 3 is 2.93 bits per heavy atom. The van der Waals surface area contributed by atoms with Crippen LogP contribution >= 0.6 is 0 Å². The molecule has 1 aliphatic rings. The van der Waals surface area contributed by atoms with Crippen molar-refractivity contribution in [1.29, 1.82) is 0 Å². The minimum Gasteiger partial charge on any atom is -0.385 e. The van der Waals surface area contributed by atoms with Gasteiger partial charge in [0, 0.05) is 31.4 Å². The molecule has 1 aromatic rings. The fourth-order valence-electron chi connectivity index (χ4n) is 1.56.